The molecule has 1 unspecified atom stereocenters. The molecule has 80 valence electrons. The van der Waals surface area contributed by atoms with E-state index in [2.05, 4.69) is 0 Å². The van der Waals surface area contributed by atoms with Crippen molar-refractivity contribution in [3.63, 3.8) is 0 Å². The fourth-order valence-corrected chi connectivity index (χ4v) is 1.89. The number of ether oxygens (including phenoxy) is 2. The minimum atomic E-state index is -0.229. The van der Waals surface area contributed by atoms with Gasteiger partial charge >= 0.3 is 6.09 Å². The lowest BCUT2D eigenvalue weighted by molar-refractivity contribution is 0.131. The highest BCUT2D eigenvalue weighted by molar-refractivity contribution is 5.69. The largest absolute Gasteiger partial charge is 0.443 e. The summed E-state index contributed by atoms with van der Waals surface area (Å²) in [5, 5.41) is 0. The Kier molecular flexibility index (Phi) is 2.88. The van der Waals surface area contributed by atoms with Gasteiger partial charge in [0.15, 0.2) is 0 Å². The maximum Gasteiger partial charge on any atom is 0.410 e. The average Bonchev–Trinajstić information content (AvgIpc) is 2.78. The lowest BCUT2D eigenvalue weighted by Gasteiger charge is -2.16. The van der Waals surface area contributed by atoms with E-state index in [4.69, 9.17) is 15.2 Å². The SMILES string of the molecule is NC[C@H]1CN(CC2CCOC2)C(=O)O1. The molecule has 0 aromatic rings. The van der Waals surface area contributed by atoms with Crippen molar-refractivity contribution in [3.8, 4) is 0 Å². The van der Waals surface area contributed by atoms with E-state index in [9.17, 15) is 4.79 Å². The Labute approximate surface area is 83.1 Å². The normalized spacial score (nSPS) is 32.4. The molecule has 0 aromatic heterocycles. The Morgan fingerprint density at radius 2 is 2.43 bits per heavy atom. The number of rotatable bonds is 3. The Morgan fingerprint density at radius 1 is 1.57 bits per heavy atom. The number of hydrogen-bond acceptors (Lipinski definition) is 4. The van der Waals surface area contributed by atoms with E-state index < -0.39 is 0 Å². The molecule has 0 bridgehead atoms. The van der Waals surface area contributed by atoms with Gasteiger partial charge in [0.25, 0.3) is 0 Å². The van der Waals surface area contributed by atoms with Crippen molar-refractivity contribution in [2.75, 3.05) is 32.8 Å². The number of cyclic esters (lactones) is 1. The van der Waals surface area contributed by atoms with Gasteiger partial charge in [0.05, 0.1) is 13.2 Å². The molecule has 2 aliphatic heterocycles. The lowest BCUT2D eigenvalue weighted by Crippen LogP contribution is -2.32. The maximum absolute atomic E-state index is 11.3. The van der Waals surface area contributed by atoms with Crippen molar-refractivity contribution in [2.24, 2.45) is 11.7 Å². The molecule has 0 spiro atoms. The summed E-state index contributed by atoms with van der Waals surface area (Å²) in [6.07, 6.45) is 0.689. The van der Waals surface area contributed by atoms with Crippen LogP contribution in [0, 0.1) is 5.92 Å². The second-order valence-corrected chi connectivity index (χ2v) is 3.88. The van der Waals surface area contributed by atoms with Crippen LogP contribution in [0.1, 0.15) is 6.42 Å². The predicted molar refractivity (Wildman–Crippen MR) is 49.8 cm³/mol. The topological polar surface area (TPSA) is 64.8 Å². The first kappa shape index (κ1) is 9.73. The molecule has 2 heterocycles. The van der Waals surface area contributed by atoms with E-state index in [-0.39, 0.29) is 12.2 Å². The zero-order valence-electron chi connectivity index (χ0n) is 8.15. The van der Waals surface area contributed by atoms with Crippen molar-refractivity contribution in [1.82, 2.24) is 4.90 Å². The summed E-state index contributed by atoms with van der Waals surface area (Å²) in [7, 11) is 0. The number of amides is 1. The smallest absolute Gasteiger partial charge is 0.410 e. The van der Waals surface area contributed by atoms with Crippen LogP contribution in [0.2, 0.25) is 0 Å². The molecule has 2 atom stereocenters. The molecule has 0 radical (unpaired) electrons. The Balaban J connectivity index is 1.82. The van der Waals surface area contributed by atoms with Crippen LogP contribution in [-0.2, 0) is 9.47 Å². The summed E-state index contributed by atoms with van der Waals surface area (Å²) < 4.78 is 10.3. The van der Waals surface area contributed by atoms with Gasteiger partial charge in [0, 0.05) is 25.6 Å². The first-order chi connectivity index (χ1) is 6.79. The number of carbonyl (C=O) groups is 1. The predicted octanol–water partition coefficient (Wildman–Crippen LogP) is -0.198. The molecule has 2 rings (SSSR count). The van der Waals surface area contributed by atoms with Crippen LogP contribution >= 0.6 is 0 Å². The minimum absolute atomic E-state index is 0.121. The zero-order valence-corrected chi connectivity index (χ0v) is 8.15. The second-order valence-electron chi connectivity index (χ2n) is 3.88. The van der Waals surface area contributed by atoms with Gasteiger partial charge in [-0.3, -0.25) is 0 Å². The summed E-state index contributed by atoms with van der Waals surface area (Å²) in [6.45, 7) is 3.36. The third kappa shape index (κ3) is 1.99. The van der Waals surface area contributed by atoms with Crippen molar-refractivity contribution in [1.29, 1.82) is 0 Å². The van der Waals surface area contributed by atoms with Crippen molar-refractivity contribution >= 4 is 6.09 Å². The van der Waals surface area contributed by atoms with Crippen LogP contribution in [0.5, 0.6) is 0 Å². The number of hydrogen-bond donors (Lipinski definition) is 1. The summed E-state index contributed by atoms with van der Waals surface area (Å²) >= 11 is 0. The molecular formula is C9H16N2O3. The molecule has 0 aliphatic carbocycles. The van der Waals surface area contributed by atoms with Gasteiger partial charge in [0.1, 0.15) is 6.10 Å². The highest BCUT2D eigenvalue weighted by Crippen LogP contribution is 2.18. The number of nitrogens with two attached hydrogens (primary N) is 1. The Hall–Kier alpha value is -0.810. The number of nitrogens with zero attached hydrogens (tertiary/aromatic N) is 1. The molecule has 2 fully saturated rings. The number of carbonyl (C=O) groups excluding carboxylic acids is 1. The van der Waals surface area contributed by atoms with E-state index in [1.54, 1.807) is 4.90 Å². The first-order valence-electron chi connectivity index (χ1n) is 5.03. The minimum Gasteiger partial charge on any atom is -0.443 e. The van der Waals surface area contributed by atoms with Gasteiger partial charge in [-0.2, -0.15) is 0 Å². The third-order valence-electron chi connectivity index (χ3n) is 2.72. The quantitative estimate of drug-likeness (QED) is 0.685. The van der Waals surface area contributed by atoms with Crippen LogP contribution < -0.4 is 5.73 Å². The molecule has 5 heteroatoms. The second kappa shape index (κ2) is 4.14. The first-order valence-corrected chi connectivity index (χ1v) is 5.03. The molecule has 2 N–H and O–H groups in total. The third-order valence-corrected chi connectivity index (χ3v) is 2.72. The van der Waals surface area contributed by atoms with Crippen LogP contribution in [0.15, 0.2) is 0 Å². The molecule has 5 nitrogen and oxygen atoms in total. The van der Waals surface area contributed by atoms with E-state index >= 15 is 0 Å². The molecule has 0 aromatic carbocycles. The standard InChI is InChI=1S/C9H16N2O3/c10-3-8-5-11(9(12)14-8)4-7-1-2-13-6-7/h7-8H,1-6,10H2/t7?,8-/m0/s1. The van der Waals surface area contributed by atoms with Gasteiger partial charge in [-0.05, 0) is 6.42 Å². The highest BCUT2D eigenvalue weighted by Gasteiger charge is 2.32. The van der Waals surface area contributed by atoms with Gasteiger partial charge in [-0.1, -0.05) is 0 Å². The monoisotopic (exact) mass is 200 g/mol. The fraction of sp³-hybridized carbons (Fsp3) is 0.889. The van der Waals surface area contributed by atoms with Crippen molar-refractivity contribution < 1.29 is 14.3 Å². The van der Waals surface area contributed by atoms with Gasteiger partial charge in [0.2, 0.25) is 0 Å². The van der Waals surface area contributed by atoms with E-state index in [1.807, 2.05) is 0 Å². The van der Waals surface area contributed by atoms with Gasteiger partial charge in [-0.25, -0.2) is 4.79 Å². The van der Waals surface area contributed by atoms with E-state index in [0.717, 1.165) is 26.2 Å². The van der Waals surface area contributed by atoms with E-state index in [0.29, 0.717) is 19.0 Å². The lowest BCUT2D eigenvalue weighted by atomic mass is 10.1. The van der Waals surface area contributed by atoms with Gasteiger partial charge in [-0.15, -0.1) is 0 Å². The van der Waals surface area contributed by atoms with E-state index in [1.165, 1.54) is 0 Å². The fourth-order valence-electron chi connectivity index (χ4n) is 1.89. The highest BCUT2D eigenvalue weighted by atomic mass is 16.6. The van der Waals surface area contributed by atoms with Crippen molar-refractivity contribution in [2.45, 2.75) is 12.5 Å². The Bertz CT molecular complexity index is 216. The van der Waals surface area contributed by atoms with Crippen LogP contribution in [0.3, 0.4) is 0 Å². The Morgan fingerprint density at radius 3 is 3.00 bits per heavy atom. The summed E-state index contributed by atoms with van der Waals surface area (Å²) in [4.78, 5) is 13.1. The van der Waals surface area contributed by atoms with Crippen LogP contribution in [0.4, 0.5) is 4.79 Å². The van der Waals surface area contributed by atoms with Crippen LogP contribution in [-0.4, -0.2) is 49.9 Å². The molecule has 0 saturated carbocycles. The summed E-state index contributed by atoms with van der Waals surface area (Å²) in [6, 6.07) is 0. The molecular weight excluding hydrogens is 184 g/mol. The zero-order chi connectivity index (χ0) is 9.97. The molecule has 14 heavy (non-hydrogen) atoms. The maximum atomic E-state index is 11.3. The summed E-state index contributed by atoms with van der Waals surface area (Å²) in [5.74, 6) is 0.471. The molecule has 2 aliphatic rings. The summed E-state index contributed by atoms with van der Waals surface area (Å²) in [5.41, 5.74) is 5.44. The van der Waals surface area contributed by atoms with Crippen molar-refractivity contribution in [3.05, 3.63) is 0 Å². The van der Waals surface area contributed by atoms with Crippen LogP contribution in [0.25, 0.3) is 0 Å². The molecule has 1 amide bonds. The average molecular weight is 200 g/mol. The molecule has 2 saturated heterocycles. The van der Waals surface area contributed by atoms with Gasteiger partial charge < -0.3 is 20.1 Å².